The third-order valence-electron chi connectivity index (χ3n) is 5.19. The molecule has 2 unspecified atom stereocenters. The number of halogens is 1. The van der Waals surface area contributed by atoms with E-state index in [-0.39, 0.29) is 22.2 Å². The van der Waals surface area contributed by atoms with Gasteiger partial charge in [-0.2, -0.15) is 0 Å². The molecule has 0 spiro atoms. The van der Waals surface area contributed by atoms with Crippen LogP contribution >= 0.6 is 11.6 Å². The van der Waals surface area contributed by atoms with E-state index >= 15 is 0 Å². The molecule has 0 saturated heterocycles. The Labute approximate surface area is 187 Å². The Morgan fingerprint density at radius 3 is 2.32 bits per heavy atom. The number of hydrogen-bond donors (Lipinski definition) is 3. The summed E-state index contributed by atoms with van der Waals surface area (Å²) in [6.45, 7) is 0.418. The first-order chi connectivity index (χ1) is 14.8. The molecule has 166 valence electrons. The molecule has 2 aromatic carbocycles. The van der Waals surface area contributed by atoms with Crippen LogP contribution < -0.4 is 15.4 Å². The third kappa shape index (κ3) is 6.70. The smallest absolute Gasteiger partial charge is 0.328 e. The van der Waals surface area contributed by atoms with Gasteiger partial charge in [-0.1, -0.05) is 43.2 Å². The molecule has 0 aliphatic heterocycles. The van der Waals surface area contributed by atoms with Gasteiger partial charge in [-0.15, -0.1) is 11.6 Å². The lowest BCUT2D eigenvalue weighted by atomic mass is 9.95. The quantitative estimate of drug-likeness (QED) is 0.548. The highest BCUT2D eigenvalue weighted by Gasteiger charge is 2.26. The molecule has 3 N–H and O–H groups in total. The molecule has 7 nitrogen and oxygen atoms in total. The van der Waals surface area contributed by atoms with Crippen LogP contribution in [-0.2, 0) is 16.4 Å². The highest BCUT2D eigenvalue weighted by atomic mass is 35.5. The molecule has 1 saturated carbocycles. The van der Waals surface area contributed by atoms with E-state index in [0.29, 0.717) is 18.5 Å². The van der Waals surface area contributed by atoms with E-state index in [9.17, 15) is 18.0 Å². The van der Waals surface area contributed by atoms with Crippen LogP contribution in [0.2, 0.25) is 0 Å². The Bertz CT molecular complexity index is 997. The fraction of sp³-hybridized carbons (Fsp3) is 0.364. The predicted molar refractivity (Wildman–Crippen MR) is 120 cm³/mol. The zero-order chi connectivity index (χ0) is 22.3. The number of hydrogen-bond acceptors (Lipinski definition) is 4. The highest BCUT2D eigenvalue weighted by Crippen LogP contribution is 2.23. The highest BCUT2D eigenvalue weighted by molar-refractivity contribution is 7.90. The van der Waals surface area contributed by atoms with E-state index in [0.717, 1.165) is 31.2 Å². The van der Waals surface area contributed by atoms with Crippen LogP contribution in [0.3, 0.4) is 0 Å². The second-order valence-electron chi connectivity index (χ2n) is 7.50. The zero-order valence-electron chi connectivity index (χ0n) is 17.0. The number of alkyl halides is 1. The average Bonchev–Trinajstić information content (AvgIpc) is 2.76. The van der Waals surface area contributed by atoms with Crippen molar-refractivity contribution < 1.29 is 18.0 Å². The first kappa shape index (κ1) is 23.1. The summed E-state index contributed by atoms with van der Waals surface area (Å²) in [5, 5.41) is 5.29. The third-order valence-corrected chi connectivity index (χ3v) is 7.06. The van der Waals surface area contributed by atoms with Gasteiger partial charge >= 0.3 is 6.03 Å². The van der Waals surface area contributed by atoms with Gasteiger partial charge in [-0.05, 0) is 49.1 Å². The molecule has 1 aliphatic rings. The van der Waals surface area contributed by atoms with Gasteiger partial charge in [0, 0.05) is 18.2 Å². The summed E-state index contributed by atoms with van der Waals surface area (Å²) in [6, 6.07) is 14.1. The van der Waals surface area contributed by atoms with Crippen LogP contribution in [0.4, 0.5) is 4.79 Å². The van der Waals surface area contributed by atoms with Crippen LogP contribution in [-0.4, -0.2) is 38.3 Å². The van der Waals surface area contributed by atoms with Gasteiger partial charge < -0.3 is 10.6 Å². The van der Waals surface area contributed by atoms with E-state index in [1.165, 1.54) is 12.1 Å². The van der Waals surface area contributed by atoms with Crippen LogP contribution in [0.1, 0.15) is 41.6 Å². The number of carbonyl (C=O) groups excluding carboxylic acids is 2. The van der Waals surface area contributed by atoms with E-state index in [4.69, 9.17) is 11.6 Å². The normalized spacial score (nSPS) is 18.7. The summed E-state index contributed by atoms with van der Waals surface area (Å²) in [7, 11) is -3.99. The van der Waals surface area contributed by atoms with Crippen molar-refractivity contribution in [2.75, 3.05) is 6.54 Å². The predicted octanol–water partition coefficient (Wildman–Crippen LogP) is 3.20. The first-order valence-electron chi connectivity index (χ1n) is 10.2. The SMILES string of the molecule is O=C(NC1CCCCC1Cl)NS(=O)(=O)c1ccc(CCNC(=O)c2ccccc2)cc1. The maximum atomic E-state index is 12.5. The maximum Gasteiger partial charge on any atom is 0.328 e. The lowest BCUT2D eigenvalue weighted by molar-refractivity contribution is 0.0954. The van der Waals surface area contributed by atoms with Crippen molar-refractivity contribution in [2.45, 2.75) is 48.4 Å². The molecule has 9 heteroatoms. The number of carbonyl (C=O) groups is 2. The van der Waals surface area contributed by atoms with Crippen molar-refractivity contribution in [1.82, 2.24) is 15.4 Å². The van der Waals surface area contributed by atoms with Crippen LogP contribution in [0.5, 0.6) is 0 Å². The van der Waals surface area contributed by atoms with Gasteiger partial charge in [0.2, 0.25) is 0 Å². The topological polar surface area (TPSA) is 104 Å². The Kier molecular flexibility index (Phi) is 7.92. The lowest BCUT2D eigenvalue weighted by Gasteiger charge is -2.27. The van der Waals surface area contributed by atoms with Gasteiger partial charge in [0.1, 0.15) is 0 Å². The molecule has 1 fully saturated rings. The summed E-state index contributed by atoms with van der Waals surface area (Å²) in [4.78, 5) is 24.2. The van der Waals surface area contributed by atoms with Crippen molar-refractivity contribution >= 4 is 33.6 Å². The minimum absolute atomic E-state index is 0.00853. The second kappa shape index (κ2) is 10.6. The fourth-order valence-corrected chi connectivity index (χ4v) is 4.73. The van der Waals surface area contributed by atoms with Gasteiger partial charge in [0.05, 0.1) is 10.3 Å². The van der Waals surface area contributed by atoms with E-state index in [2.05, 4.69) is 10.6 Å². The summed E-state index contributed by atoms with van der Waals surface area (Å²) in [5.41, 5.74) is 1.45. The molecule has 0 heterocycles. The van der Waals surface area contributed by atoms with Crippen molar-refractivity contribution in [3.05, 3.63) is 65.7 Å². The maximum absolute atomic E-state index is 12.5. The Balaban J connectivity index is 1.50. The standard InChI is InChI=1S/C22H26ClN3O4S/c23-19-8-4-5-9-20(19)25-22(28)26-31(29,30)18-12-10-16(11-13-18)14-15-24-21(27)17-6-2-1-3-7-17/h1-3,6-7,10-13,19-20H,4-5,8-9,14-15H2,(H,24,27)(H2,25,26,28). The molecule has 1 aliphatic carbocycles. The molecular formula is C22H26ClN3O4S. The monoisotopic (exact) mass is 463 g/mol. The molecule has 3 rings (SSSR count). The van der Waals surface area contributed by atoms with Crippen molar-refractivity contribution in [3.63, 3.8) is 0 Å². The number of urea groups is 1. The van der Waals surface area contributed by atoms with Crippen LogP contribution in [0.25, 0.3) is 0 Å². The average molecular weight is 464 g/mol. The van der Waals surface area contributed by atoms with Crippen LogP contribution in [0.15, 0.2) is 59.5 Å². The molecule has 0 aromatic heterocycles. The molecule has 2 atom stereocenters. The minimum atomic E-state index is -3.99. The first-order valence-corrected chi connectivity index (χ1v) is 12.2. The number of amides is 3. The van der Waals surface area contributed by atoms with Crippen molar-refractivity contribution in [1.29, 1.82) is 0 Å². The minimum Gasteiger partial charge on any atom is -0.352 e. The van der Waals surface area contributed by atoms with Gasteiger partial charge in [0.15, 0.2) is 0 Å². The fourth-order valence-electron chi connectivity index (χ4n) is 3.47. The Morgan fingerprint density at radius 1 is 0.968 bits per heavy atom. The number of benzene rings is 2. The van der Waals surface area contributed by atoms with Crippen molar-refractivity contribution in [3.8, 4) is 0 Å². The molecular weight excluding hydrogens is 438 g/mol. The molecule has 0 radical (unpaired) electrons. The van der Waals surface area contributed by atoms with Crippen LogP contribution in [0, 0.1) is 0 Å². The van der Waals surface area contributed by atoms with E-state index < -0.39 is 16.1 Å². The van der Waals surface area contributed by atoms with E-state index in [1.54, 1.807) is 36.4 Å². The van der Waals surface area contributed by atoms with Crippen molar-refractivity contribution in [2.24, 2.45) is 0 Å². The van der Waals surface area contributed by atoms with Gasteiger partial charge in [0.25, 0.3) is 15.9 Å². The summed E-state index contributed by atoms with van der Waals surface area (Å²) < 4.78 is 27.0. The second-order valence-corrected chi connectivity index (χ2v) is 9.74. The summed E-state index contributed by atoms with van der Waals surface area (Å²) in [5.74, 6) is -0.160. The molecule has 31 heavy (non-hydrogen) atoms. The van der Waals surface area contributed by atoms with Gasteiger partial charge in [-0.25, -0.2) is 17.9 Å². The number of rotatable bonds is 7. The zero-order valence-corrected chi connectivity index (χ0v) is 18.6. The Morgan fingerprint density at radius 2 is 1.65 bits per heavy atom. The van der Waals surface area contributed by atoms with E-state index in [1.807, 2.05) is 10.8 Å². The number of nitrogens with one attached hydrogen (secondary N) is 3. The lowest BCUT2D eigenvalue weighted by Crippen LogP contribution is -2.48. The van der Waals surface area contributed by atoms with Gasteiger partial charge in [-0.3, -0.25) is 4.79 Å². The summed E-state index contributed by atoms with van der Waals surface area (Å²) >= 11 is 6.21. The molecule has 0 bridgehead atoms. The number of sulfonamides is 1. The largest absolute Gasteiger partial charge is 0.352 e. The molecule has 3 amide bonds. The Hall–Kier alpha value is -2.58. The molecule has 2 aromatic rings. The summed E-state index contributed by atoms with van der Waals surface area (Å²) in [6.07, 6.45) is 4.04.